The number of hydrogen-bond donors (Lipinski definition) is 2. The Balaban J connectivity index is 1.82. The van der Waals surface area contributed by atoms with Crippen LogP contribution in [-0.4, -0.2) is 17.5 Å². The van der Waals surface area contributed by atoms with Crippen molar-refractivity contribution >= 4 is 34.8 Å². The SMILES string of the molecule is CC(CC(=O)Nc1ccccc1F)=NNC(=O)Cc1ccc(Cl)cc1. The van der Waals surface area contributed by atoms with Crippen molar-refractivity contribution in [2.75, 3.05) is 5.32 Å². The van der Waals surface area contributed by atoms with Crippen LogP contribution in [0.25, 0.3) is 0 Å². The number of benzene rings is 2. The summed E-state index contributed by atoms with van der Waals surface area (Å²) in [4.78, 5) is 23.7. The summed E-state index contributed by atoms with van der Waals surface area (Å²) in [5, 5.41) is 6.93. The van der Waals surface area contributed by atoms with Crippen LogP contribution in [-0.2, 0) is 16.0 Å². The van der Waals surface area contributed by atoms with Crippen LogP contribution >= 0.6 is 11.6 Å². The normalized spacial score (nSPS) is 11.1. The molecule has 0 aliphatic carbocycles. The van der Waals surface area contributed by atoms with Crippen molar-refractivity contribution in [3.63, 3.8) is 0 Å². The summed E-state index contributed by atoms with van der Waals surface area (Å²) in [6, 6.07) is 12.8. The largest absolute Gasteiger partial charge is 0.323 e. The quantitative estimate of drug-likeness (QED) is 0.610. The number of nitrogens with zero attached hydrogens (tertiary/aromatic N) is 1. The minimum absolute atomic E-state index is 0.0600. The van der Waals surface area contributed by atoms with Crippen molar-refractivity contribution in [1.82, 2.24) is 5.43 Å². The zero-order valence-corrected chi connectivity index (χ0v) is 14.3. The van der Waals surface area contributed by atoms with Gasteiger partial charge in [0.1, 0.15) is 5.82 Å². The lowest BCUT2D eigenvalue weighted by atomic mass is 10.1. The Bertz CT molecular complexity index is 791. The fourth-order valence-electron chi connectivity index (χ4n) is 2.01. The van der Waals surface area contributed by atoms with Crippen molar-refractivity contribution in [2.24, 2.45) is 5.10 Å². The standard InChI is InChI=1S/C18H17ClFN3O2/c1-12(10-17(24)21-16-5-3-2-4-15(16)20)22-23-18(25)11-13-6-8-14(19)9-7-13/h2-9H,10-11H2,1H3,(H,21,24)(H,23,25). The molecule has 0 aromatic heterocycles. The first-order valence-corrected chi connectivity index (χ1v) is 7.92. The minimum atomic E-state index is -0.512. The lowest BCUT2D eigenvalue weighted by Gasteiger charge is -2.06. The molecule has 0 atom stereocenters. The lowest BCUT2D eigenvalue weighted by Crippen LogP contribution is -2.23. The van der Waals surface area contributed by atoms with Gasteiger partial charge in [-0.3, -0.25) is 9.59 Å². The van der Waals surface area contributed by atoms with Crippen LogP contribution in [0.4, 0.5) is 10.1 Å². The Morgan fingerprint density at radius 3 is 2.44 bits per heavy atom. The zero-order valence-electron chi connectivity index (χ0n) is 13.6. The van der Waals surface area contributed by atoms with E-state index in [1.807, 2.05) is 0 Å². The van der Waals surface area contributed by atoms with Gasteiger partial charge in [0.05, 0.1) is 18.5 Å². The zero-order chi connectivity index (χ0) is 18.2. The second kappa shape index (κ2) is 8.94. The molecule has 0 radical (unpaired) electrons. The van der Waals surface area contributed by atoms with E-state index in [1.165, 1.54) is 18.2 Å². The molecule has 2 aromatic carbocycles. The number of carbonyl (C=O) groups is 2. The molecular formula is C18H17ClFN3O2. The average Bonchev–Trinajstić information content (AvgIpc) is 2.57. The monoisotopic (exact) mass is 361 g/mol. The predicted octanol–water partition coefficient (Wildman–Crippen LogP) is 3.54. The van der Waals surface area contributed by atoms with E-state index in [9.17, 15) is 14.0 Å². The van der Waals surface area contributed by atoms with Gasteiger partial charge in [-0.25, -0.2) is 9.82 Å². The first kappa shape index (κ1) is 18.6. The van der Waals surface area contributed by atoms with E-state index in [0.717, 1.165) is 5.56 Å². The molecule has 0 unspecified atom stereocenters. The third kappa shape index (κ3) is 6.35. The molecular weight excluding hydrogens is 345 g/mol. The number of nitrogens with one attached hydrogen (secondary N) is 2. The van der Waals surface area contributed by atoms with Gasteiger partial charge in [-0.15, -0.1) is 0 Å². The molecule has 2 amide bonds. The Labute approximate surface area is 149 Å². The van der Waals surface area contributed by atoms with Gasteiger partial charge < -0.3 is 5.32 Å². The van der Waals surface area contributed by atoms with Crippen LogP contribution in [0.1, 0.15) is 18.9 Å². The maximum Gasteiger partial charge on any atom is 0.244 e. The van der Waals surface area contributed by atoms with Gasteiger partial charge in [0.25, 0.3) is 0 Å². The molecule has 0 saturated heterocycles. The van der Waals surface area contributed by atoms with E-state index in [-0.39, 0.29) is 24.4 Å². The molecule has 7 heteroatoms. The summed E-state index contributed by atoms with van der Waals surface area (Å²) in [7, 11) is 0. The van der Waals surface area contributed by atoms with Gasteiger partial charge in [0.15, 0.2) is 0 Å². The summed E-state index contributed by atoms with van der Waals surface area (Å²) < 4.78 is 13.5. The second-order valence-corrected chi connectivity index (χ2v) is 5.83. The third-order valence-electron chi connectivity index (χ3n) is 3.21. The molecule has 2 aromatic rings. The van der Waals surface area contributed by atoms with Crippen LogP contribution in [0, 0.1) is 5.82 Å². The van der Waals surface area contributed by atoms with Crippen molar-refractivity contribution in [3.05, 3.63) is 64.9 Å². The van der Waals surface area contributed by atoms with Gasteiger partial charge >= 0.3 is 0 Å². The van der Waals surface area contributed by atoms with Gasteiger partial charge in [0, 0.05) is 10.7 Å². The van der Waals surface area contributed by atoms with Crippen LogP contribution in [0.5, 0.6) is 0 Å². The number of anilines is 1. The summed E-state index contributed by atoms with van der Waals surface area (Å²) in [5.74, 6) is -1.24. The summed E-state index contributed by atoms with van der Waals surface area (Å²) >= 11 is 5.78. The highest BCUT2D eigenvalue weighted by Gasteiger charge is 2.08. The fraction of sp³-hybridized carbons (Fsp3) is 0.167. The first-order valence-electron chi connectivity index (χ1n) is 7.55. The van der Waals surface area contributed by atoms with Crippen LogP contribution in [0.3, 0.4) is 0 Å². The van der Waals surface area contributed by atoms with Crippen molar-refractivity contribution in [2.45, 2.75) is 19.8 Å². The van der Waals surface area contributed by atoms with Gasteiger partial charge in [-0.05, 0) is 36.8 Å². The highest BCUT2D eigenvalue weighted by Crippen LogP contribution is 2.12. The summed E-state index contributed by atoms with van der Waals surface area (Å²) in [6.45, 7) is 1.60. The number of carbonyl (C=O) groups excluding carboxylic acids is 2. The van der Waals surface area contributed by atoms with Gasteiger partial charge in [0.2, 0.25) is 11.8 Å². The Morgan fingerprint density at radius 1 is 1.08 bits per heavy atom. The molecule has 0 bridgehead atoms. The molecule has 130 valence electrons. The molecule has 25 heavy (non-hydrogen) atoms. The second-order valence-electron chi connectivity index (χ2n) is 5.39. The summed E-state index contributed by atoms with van der Waals surface area (Å²) in [6.07, 6.45) is 0.0882. The number of para-hydroxylation sites is 1. The van der Waals surface area contributed by atoms with Gasteiger partial charge in [-0.1, -0.05) is 35.9 Å². The maximum atomic E-state index is 13.5. The lowest BCUT2D eigenvalue weighted by molar-refractivity contribution is -0.120. The number of rotatable bonds is 6. The van der Waals surface area contributed by atoms with Crippen LogP contribution < -0.4 is 10.7 Å². The highest BCUT2D eigenvalue weighted by molar-refractivity contribution is 6.30. The molecule has 5 nitrogen and oxygen atoms in total. The smallest absolute Gasteiger partial charge is 0.244 e. The van der Waals surface area contributed by atoms with E-state index < -0.39 is 11.7 Å². The van der Waals surface area contributed by atoms with Crippen LogP contribution in [0.15, 0.2) is 53.6 Å². The third-order valence-corrected chi connectivity index (χ3v) is 3.47. The van der Waals surface area contributed by atoms with E-state index in [2.05, 4.69) is 15.8 Å². The Morgan fingerprint density at radius 2 is 1.76 bits per heavy atom. The molecule has 0 aliphatic heterocycles. The number of hydrazone groups is 1. The molecule has 2 rings (SSSR count). The Hall–Kier alpha value is -2.73. The maximum absolute atomic E-state index is 13.5. The Kier molecular flexibility index (Phi) is 6.65. The molecule has 0 heterocycles. The number of amides is 2. The topological polar surface area (TPSA) is 70.6 Å². The fourth-order valence-corrected chi connectivity index (χ4v) is 2.14. The average molecular weight is 362 g/mol. The van der Waals surface area contributed by atoms with Crippen molar-refractivity contribution in [3.8, 4) is 0 Å². The van der Waals surface area contributed by atoms with E-state index in [1.54, 1.807) is 37.3 Å². The van der Waals surface area contributed by atoms with E-state index in [0.29, 0.717) is 10.7 Å². The summed E-state index contributed by atoms with van der Waals surface area (Å²) in [5.41, 5.74) is 3.69. The first-order chi connectivity index (χ1) is 11.9. The highest BCUT2D eigenvalue weighted by atomic mass is 35.5. The number of halogens is 2. The molecule has 2 N–H and O–H groups in total. The van der Waals surface area contributed by atoms with E-state index in [4.69, 9.17) is 11.6 Å². The molecule has 0 spiro atoms. The van der Waals surface area contributed by atoms with Crippen molar-refractivity contribution in [1.29, 1.82) is 0 Å². The molecule has 0 aliphatic rings. The van der Waals surface area contributed by atoms with Gasteiger partial charge in [-0.2, -0.15) is 5.10 Å². The molecule has 0 saturated carbocycles. The van der Waals surface area contributed by atoms with E-state index >= 15 is 0 Å². The van der Waals surface area contributed by atoms with Crippen LogP contribution in [0.2, 0.25) is 5.02 Å². The minimum Gasteiger partial charge on any atom is -0.323 e. The predicted molar refractivity (Wildman–Crippen MR) is 96.1 cm³/mol. The molecule has 0 fully saturated rings. The number of hydrogen-bond acceptors (Lipinski definition) is 3. The van der Waals surface area contributed by atoms with Crippen molar-refractivity contribution < 1.29 is 14.0 Å².